The Balaban J connectivity index is 1.44. The summed E-state index contributed by atoms with van der Waals surface area (Å²) in [5.74, 6) is 1.31. The number of likely N-dealkylation sites (N-methyl/N-ethyl adjacent to an activating group) is 1. The second kappa shape index (κ2) is 6.26. The van der Waals surface area contributed by atoms with Crippen LogP contribution in [-0.2, 0) is 16.4 Å². The van der Waals surface area contributed by atoms with Crippen molar-refractivity contribution in [1.29, 1.82) is 0 Å². The van der Waals surface area contributed by atoms with Crippen LogP contribution >= 0.6 is 0 Å². The van der Waals surface area contributed by atoms with Crippen LogP contribution in [0.25, 0.3) is 0 Å². The Hall–Kier alpha value is -1.65. The maximum atomic E-state index is 12.5. The molecule has 1 N–H and O–H groups in total. The molecule has 3 unspecified atom stereocenters. The normalized spacial score (nSPS) is 26.5. The molecule has 25 heavy (non-hydrogen) atoms. The molecule has 1 saturated carbocycles. The quantitative estimate of drug-likeness (QED) is 0.875. The summed E-state index contributed by atoms with van der Waals surface area (Å²) >= 11 is 0. The third-order valence-electron chi connectivity index (χ3n) is 5.75. The standard InChI is InChI=1S/C21H26N2OS/c1-15(2)16-4-10-20(11-5-16)25(24)22-19-8-6-17(7-9-19)21-12-18(21)13-23(3)14-21/h4-11,15,18,22H,12-14H2,1-3H3. The number of rotatable bonds is 5. The number of anilines is 1. The maximum absolute atomic E-state index is 12.5. The average Bonchev–Trinajstić information content (AvgIpc) is 3.18. The average molecular weight is 355 g/mol. The smallest absolute Gasteiger partial charge is 0.150 e. The summed E-state index contributed by atoms with van der Waals surface area (Å²) < 4.78 is 15.7. The molecule has 0 radical (unpaired) electrons. The number of piperidine rings is 1. The summed E-state index contributed by atoms with van der Waals surface area (Å²) in [6, 6.07) is 16.6. The zero-order chi connectivity index (χ0) is 17.6. The molecule has 2 aliphatic rings. The van der Waals surface area contributed by atoms with Crippen LogP contribution in [0.3, 0.4) is 0 Å². The van der Waals surface area contributed by atoms with Gasteiger partial charge in [0.15, 0.2) is 0 Å². The Kier molecular flexibility index (Phi) is 4.20. The van der Waals surface area contributed by atoms with Gasteiger partial charge in [-0.15, -0.1) is 0 Å². The van der Waals surface area contributed by atoms with Gasteiger partial charge in [0.05, 0.1) is 4.90 Å². The van der Waals surface area contributed by atoms with Gasteiger partial charge in [0.25, 0.3) is 0 Å². The zero-order valence-corrected chi connectivity index (χ0v) is 16.0. The first-order valence-corrected chi connectivity index (χ1v) is 10.2. The van der Waals surface area contributed by atoms with Crippen molar-refractivity contribution < 1.29 is 4.21 Å². The number of nitrogens with one attached hydrogen (secondary N) is 1. The molecule has 3 nitrogen and oxygen atoms in total. The van der Waals surface area contributed by atoms with Gasteiger partial charge in [0.1, 0.15) is 11.0 Å². The van der Waals surface area contributed by atoms with Crippen molar-refractivity contribution in [1.82, 2.24) is 4.90 Å². The number of hydrogen-bond acceptors (Lipinski definition) is 2. The molecule has 0 bridgehead atoms. The molecule has 2 fully saturated rings. The topological polar surface area (TPSA) is 32.3 Å². The van der Waals surface area contributed by atoms with E-state index in [0.717, 1.165) is 16.5 Å². The lowest BCUT2D eigenvalue weighted by atomic mass is 9.95. The fourth-order valence-electron chi connectivity index (χ4n) is 4.19. The molecule has 0 spiro atoms. The first-order valence-electron chi connectivity index (χ1n) is 9.05. The van der Waals surface area contributed by atoms with Crippen molar-refractivity contribution in [3.8, 4) is 0 Å². The van der Waals surface area contributed by atoms with Crippen LogP contribution in [0.15, 0.2) is 53.4 Å². The van der Waals surface area contributed by atoms with Crippen molar-refractivity contribution in [2.45, 2.75) is 36.5 Å². The number of fused-ring (bicyclic) bond motifs is 1. The molecule has 2 aromatic rings. The fourth-order valence-corrected chi connectivity index (χ4v) is 5.04. The third-order valence-corrected chi connectivity index (χ3v) is 6.87. The number of benzene rings is 2. The highest BCUT2D eigenvalue weighted by molar-refractivity contribution is 7.86. The van der Waals surface area contributed by atoms with Gasteiger partial charge in [-0.05, 0) is 60.7 Å². The van der Waals surface area contributed by atoms with E-state index in [9.17, 15) is 4.21 Å². The van der Waals surface area contributed by atoms with Crippen molar-refractivity contribution in [3.05, 3.63) is 59.7 Å². The van der Waals surface area contributed by atoms with E-state index in [1.165, 1.54) is 30.6 Å². The van der Waals surface area contributed by atoms with Gasteiger partial charge in [-0.1, -0.05) is 38.1 Å². The SMILES string of the molecule is CC(C)c1ccc(S(=O)Nc2ccc(C34CC3CN(C)C4)cc2)cc1. The minimum absolute atomic E-state index is 0.388. The lowest BCUT2D eigenvalue weighted by Gasteiger charge is -2.17. The van der Waals surface area contributed by atoms with E-state index in [-0.39, 0.29) is 0 Å². The van der Waals surface area contributed by atoms with Gasteiger partial charge in [0.2, 0.25) is 0 Å². The predicted molar refractivity (Wildman–Crippen MR) is 104 cm³/mol. The Bertz CT molecular complexity index is 785. The number of hydrogen-bond donors (Lipinski definition) is 1. The van der Waals surface area contributed by atoms with E-state index in [2.05, 4.69) is 66.9 Å². The lowest BCUT2D eigenvalue weighted by molar-refractivity contribution is 0.363. The van der Waals surface area contributed by atoms with E-state index in [0.29, 0.717) is 11.3 Å². The van der Waals surface area contributed by atoms with Crippen LogP contribution < -0.4 is 4.72 Å². The van der Waals surface area contributed by atoms with E-state index < -0.39 is 11.0 Å². The zero-order valence-electron chi connectivity index (χ0n) is 15.2. The van der Waals surface area contributed by atoms with Crippen molar-refractivity contribution >= 4 is 16.7 Å². The minimum atomic E-state index is -1.23. The molecule has 2 aromatic carbocycles. The lowest BCUT2D eigenvalue weighted by Crippen LogP contribution is -2.22. The van der Waals surface area contributed by atoms with Crippen LogP contribution in [0, 0.1) is 5.92 Å². The molecule has 1 heterocycles. The van der Waals surface area contributed by atoms with Gasteiger partial charge in [0, 0.05) is 24.2 Å². The highest BCUT2D eigenvalue weighted by Gasteiger charge is 2.59. The maximum Gasteiger partial charge on any atom is 0.150 e. The Morgan fingerprint density at radius 1 is 1.12 bits per heavy atom. The summed E-state index contributed by atoms with van der Waals surface area (Å²) in [7, 11) is 0.977. The molecule has 4 rings (SSSR count). The summed E-state index contributed by atoms with van der Waals surface area (Å²) in [6.45, 7) is 6.71. The third kappa shape index (κ3) is 3.13. The second-order valence-corrected chi connectivity index (χ2v) is 9.14. The minimum Gasteiger partial charge on any atom is -0.305 e. The fraction of sp³-hybridized carbons (Fsp3) is 0.429. The van der Waals surface area contributed by atoms with Crippen molar-refractivity contribution in [2.24, 2.45) is 5.92 Å². The van der Waals surface area contributed by atoms with Crippen molar-refractivity contribution in [3.63, 3.8) is 0 Å². The Morgan fingerprint density at radius 3 is 2.36 bits per heavy atom. The van der Waals surface area contributed by atoms with E-state index >= 15 is 0 Å². The molecule has 1 aliphatic heterocycles. The highest BCUT2D eigenvalue weighted by Crippen LogP contribution is 2.58. The highest BCUT2D eigenvalue weighted by atomic mass is 32.2. The molecular formula is C21H26N2OS. The first-order chi connectivity index (χ1) is 12.0. The van der Waals surface area contributed by atoms with E-state index in [4.69, 9.17) is 0 Å². The summed E-state index contributed by atoms with van der Waals surface area (Å²) in [5.41, 5.74) is 4.00. The molecule has 0 amide bonds. The van der Waals surface area contributed by atoms with E-state index in [1.54, 1.807) is 0 Å². The largest absolute Gasteiger partial charge is 0.305 e. The Morgan fingerprint density at radius 2 is 1.80 bits per heavy atom. The van der Waals surface area contributed by atoms with Gasteiger partial charge >= 0.3 is 0 Å². The van der Waals surface area contributed by atoms with Gasteiger partial charge in [-0.25, -0.2) is 4.21 Å². The molecular weight excluding hydrogens is 328 g/mol. The summed E-state index contributed by atoms with van der Waals surface area (Å²) in [5, 5.41) is 0. The monoisotopic (exact) mass is 354 g/mol. The summed E-state index contributed by atoms with van der Waals surface area (Å²) in [6.07, 6.45) is 1.32. The Labute approximate surface area is 153 Å². The molecule has 132 valence electrons. The number of nitrogens with zero attached hydrogens (tertiary/aromatic N) is 1. The van der Waals surface area contributed by atoms with Gasteiger partial charge in [-0.2, -0.15) is 0 Å². The summed E-state index contributed by atoms with van der Waals surface area (Å²) in [4.78, 5) is 3.24. The van der Waals surface area contributed by atoms with Crippen LogP contribution in [0.2, 0.25) is 0 Å². The van der Waals surface area contributed by atoms with Crippen LogP contribution in [0.5, 0.6) is 0 Å². The van der Waals surface area contributed by atoms with Crippen molar-refractivity contribution in [2.75, 3.05) is 24.9 Å². The molecule has 1 aliphatic carbocycles. The molecule has 3 atom stereocenters. The molecule has 4 heteroatoms. The van der Waals surface area contributed by atoms with Crippen LogP contribution in [0.4, 0.5) is 5.69 Å². The molecule has 0 aromatic heterocycles. The van der Waals surface area contributed by atoms with Gasteiger partial charge in [-0.3, -0.25) is 0 Å². The molecule has 1 saturated heterocycles. The van der Waals surface area contributed by atoms with Gasteiger partial charge < -0.3 is 9.62 Å². The second-order valence-electron chi connectivity index (χ2n) is 7.93. The predicted octanol–water partition coefficient (Wildman–Crippen LogP) is 4.15. The number of likely N-dealkylation sites (tertiary alicyclic amines) is 1. The van der Waals surface area contributed by atoms with E-state index in [1.807, 2.05) is 12.1 Å². The van der Waals surface area contributed by atoms with Crippen LogP contribution in [0.1, 0.15) is 37.3 Å². The van der Waals surface area contributed by atoms with Crippen LogP contribution in [-0.4, -0.2) is 29.2 Å². The first kappa shape index (κ1) is 16.8.